The molecular weight excluding hydrogens is 257 g/mol. The van der Waals surface area contributed by atoms with Crippen LogP contribution in [0.2, 0.25) is 10.0 Å². The molecule has 1 aliphatic rings. The van der Waals surface area contributed by atoms with Crippen molar-refractivity contribution in [2.24, 2.45) is 11.1 Å². The van der Waals surface area contributed by atoms with Gasteiger partial charge < -0.3 is 10.5 Å². The van der Waals surface area contributed by atoms with Gasteiger partial charge in [-0.25, -0.2) is 0 Å². The van der Waals surface area contributed by atoms with E-state index in [1.165, 1.54) is 12.8 Å². The van der Waals surface area contributed by atoms with Crippen molar-refractivity contribution in [3.8, 4) is 5.75 Å². The van der Waals surface area contributed by atoms with Crippen LogP contribution in [0.5, 0.6) is 5.75 Å². The maximum atomic E-state index is 6.06. The van der Waals surface area contributed by atoms with Gasteiger partial charge >= 0.3 is 0 Å². The normalized spacial score (nSPS) is 18.3. The maximum absolute atomic E-state index is 6.06. The zero-order valence-corrected chi connectivity index (χ0v) is 11.2. The number of benzene rings is 1. The van der Waals surface area contributed by atoms with E-state index in [0.717, 1.165) is 12.8 Å². The predicted molar refractivity (Wildman–Crippen MR) is 71.9 cm³/mol. The Kier molecular flexibility index (Phi) is 4.18. The summed E-state index contributed by atoms with van der Waals surface area (Å²) in [6.45, 7) is 1.32. The van der Waals surface area contributed by atoms with E-state index in [-0.39, 0.29) is 5.41 Å². The van der Waals surface area contributed by atoms with Crippen molar-refractivity contribution in [1.29, 1.82) is 0 Å². The number of rotatable bonds is 4. The smallest absolute Gasteiger partial charge is 0.138 e. The average molecular weight is 274 g/mol. The first-order chi connectivity index (χ1) is 8.15. The Bertz CT molecular complexity index is 389. The molecule has 0 amide bonds. The van der Waals surface area contributed by atoms with Crippen LogP contribution in [0, 0.1) is 5.41 Å². The third kappa shape index (κ3) is 3.06. The lowest BCUT2D eigenvalue weighted by Crippen LogP contribution is -2.33. The minimum absolute atomic E-state index is 0.142. The summed E-state index contributed by atoms with van der Waals surface area (Å²) in [4.78, 5) is 0. The Labute approximate surface area is 112 Å². The van der Waals surface area contributed by atoms with Crippen molar-refractivity contribution < 1.29 is 4.74 Å². The van der Waals surface area contributed by atoms with Gasteiger partial charge in [-0.3, -0.25) is 0 Å². The van der Waals surface area contributed by atoms with Gasteiger partial charge in [0.15, 0.2) is 0 Å². The van der Waals surface area contributed by atoms with Gasteiger partial charge in [-0.1, -0.05) is 36.0 Å². The highest BCUT2D eigenvalue weighted by Gasteiger charge is 2.33. The van der Waals surface area contributed by atoms with Gasteiger partial charge in [-0.15, -0.1) is 0 Å². The summed E-state index contributed by atoms with van der Waals surface area (Å²) >= 11 is 11.9. The van der Waals surface area contributed by atoms with Crippen LogP contribution < -0.4 is 10.5 Å². The number of ether oxygens (including phenoxy) is 1. The summed E-state index contributed by atoms with van der Waals surface area (Å²) in [6, 6.07) is 5.29. The zero-order valence-electron chi connectivity index (χ0n) is 9.72. The number of hydrogen-bond acceptors (Lipinski definition) is 2. The Morgan fingerprint density at radius 3 is 2.53 bits per heavy atom. The first-order valence-corrected chi connectivity index (χ1v) is 6.69. The molecule has 0 radical (unpaired) electrons. The quantitative estimate of drug-likeness (QED) is 0.904. The van der Waals surface area contributed by atoms with E-state index in [4.69, 9.17) is 33.7 Å². The summed E-state index contributed by atoms with van der Waals surface area (Å²) in [6.07, 6.45) is 4.78. The Morgan fingerprint density at radius 1 is 1.24 bits per heavy atom. The molecule has 2 nitrogen and oxygen atoms in total. The van der Waals surface area contributed by atoms with Gasteiger partial charge in [0.05, 0.1) is 11.6 Å². The molecule has 0 atom stereocenters. The van der Waals surface area contributed by atoms with Crippen molar-refractivity contribution >= 4 is 23.2 Å². The Hall–Kier alpha value is -0.440. The molecule has 1 fully saturated rings. The molecule has 0 aromatic heterocycles. The molecule has 1 aliphatic carbocycles. The van der Waals surface area contributed by atoms with Gasteiger partial charge in [0.2, 0.25) is 0 Å². The van der Waals surface area contributed by atoms with Crippen molar-refractivity contribution in [2.45, 2.75) is 25.7 Å². The highest BCUT2D eigenvalue weighted by Crippen LogP contribution is 2.38. The lowest BCUT2D eigenvalue weighted by atomic mass is 9.87. The molecule has 17 heavy (non-hydrogen) atoms. The van der Waals surface area contributed by atoms with Crippen molar-refractivity contribution in [3.63, 3.8) is 0 Å². The van der Waals surface area contributed by atoms with Crippen LogP contribution in [0.3, 0.4) is 0 Å². The highest BCUT2D eigenvalue weighted by atomic mass is 35.5. The van der Waals surface area contributed by atoms with E-state index in [0.29, 0.717) is 28.9 Å². The van der Waals surface area contributed by atoms with Crippen LogP contribution in [0.4, 0.5) is 0 Å². The summed E-state index contributed by atoms with van der Waals surface area (Å²) in [5, 5.41) is 1.18. The number of halogens is 2. The minimum Gasteiger partial charge on any atom is -0.491 e. The van der Waals surface area contributed by atoms with Crippen molar-refractivity contribution in [1.82, 2.24) is 0 Å². The molecule has 0 saturated heterocycles. The van der Waals surface area contributed by atoms with Gasteiger partial charge in [0, 0.05) is 17.0 Å². The topological polar surface area (TPSA) is 35.2 Å². The highest BCUT2D eigenvalue weighted by molar-refractivity contribution is 6.35. The first-order valence-electron chi connectivity index (χ1n) is 5.93. The van der Waals surface area contributed by atoms with Gasteiger partial charge in [0.25, 0.3) is 0 Å². The molecule has 0 bridgehead atoms. The van der Waals surface area contributed by atoms with E-state index < -0.39 is 0 Å². The summed E-state index contributed by atoms with van der Waals surface area (Å²) in [5.74, 6) is 0.691. The van der Waals surface area contributed by atoms with Gasteiger partial charge in [-0.2, -0.15) is 0 Å². The summed E-state index contributed by atoms with van der Waals surface area (Å²) in [7, 11) is 0. The fourth-order valence-electron chi connectivity index (χ4n) is 2.36. The van der Waals surface area contributed by atoms with Crippen LogP contribution in [0.15, 0.2) is 18.2 Å². The van der Waals surface area contributed by atoms with Crippen molar-refractivity contribution in [3.05, 3.63) is 28.2 Å². The zero-order chi connectivity index (χ0) is 12.3. The van der Waals surface area contributed by atoms with Crippen LogP contribution in [-0.2, 0) is 0 Å². The standard InChI is InChI=1S/C13H17Cl2NO/c14-10-3-4-12(11(15)7-10)17-9-13(8-16)5-1-2-6-13/h3-4,7H,1-2,5-6,8-9,16H2. The van der Waals surface area contributed by atoms with Crippen LogP contribution in [0.25, 0.3) is 0 Å². The largest absolute Gasteiger partial charge is 0.491 e. The van der Waals surface area contributed by atoms with Crippen LogP contribution in [0.1, 0.15) is 25.7 Å². The Balaban J connectivity index is 2.01. The molecule has 2 rings (SSSR count). The summed E-state index contributed by atoms with van der Waals surface area (Å²) in [5.41, 5.74) is 6.00. The number of hydrogen-bond donors (Lipinski definition) is 1. The van der Waals surface area contributed by atoms with Gasteiger partial charge in [-0.05, 0) is 31.0 Å². The van der Waals surface area contributed by atoms with Crippen LogP contribution >= 0.6 is 23.2 Å². The molecule has 1 aromatic rings. The summed E-state index contributed by atoms with van der Waals surface area (Å²) < 4.78 is 5.80. The molecule has 0 spiro atoms. The third-order valence-corrected chi connectivity index (χ3v) is 4.06. The number of nitrogens with two attached hydrogens (primary N) is 1. The van der Waals surface area contributed by atoms with Gasteiger partial charge in [0.1, 0.15) is 5.75 Å². The molecule has 2 N–H and O–H groups in total. The maximum Gasteiger partial charge on any atom is 0.138 e. The SMILES string of the molecule is NCC1(COc2ccc(Cl)cc2Cl)CCCC1. The van der Waals surface area contributed by atoms with E-state index in [2.05, 4.69) is 0 Å². The fraction of sp³-hybridized carbons (Fsp3) is 0.538. The van der Waals surface area contributed by atoms with E-state index in [9.17, 15) is 0 Å². The minimum atomic E-state index is 0.142. The Morgan fingerprint density at radius 2 is 1.94 bits per heavy atom. The molecule has 1 aromatic carbocycles. The molecule has 0 heterocycles. The van der Waals surface area contributed by atoms with Crippen molar-refractivity contribution in [2.75, 3.05) is 13.2 Å². The average Bonchev–Trinajstić information content (AvgIpc) is 2.77. The second kappa shape index (κ2) is 5.47. The fourth-order valence-corrected chi connectivity index (χ4v) is 2.82. The second-order valence-corrected chi connectivity index (χ2v) is 5.62. The van der Waals surface area contributed by atoms with E-state index >= 15 is 0 Å². The predicted octanol–water partition coefficient (Wildman–Crippen LogP) is 3.89. The van der Waals surface area contributed by atoms with E-state index in [1.54, 1.807) is 12.1 Å². The molecule has 94 valence electrons. The lowest BCUT2D eigenvalue weighted by molar-refractivity contribution is 0.157. The molecular formula is C13H17Cl2NO. The molecule has 4 heteroatoms. The second-order valence-electron chi connectivity index (χ2n) is 4.77. The lowest BCUT2D eigenvalue weighted by Gasteiger charge is -2.27. The first kappa shape index (κ1) is 13.0. The third-order valence-electron chi connectivity index (χ3n) is 3.53. The molecule has 0 unspecified atom stereocenters. The monoisotopic (exact) mass is 273 g/mol. The molecule has 0 aliphatic heterocycles. The van der Waals surface area contributed by atoms with E-state index in [1.807, 2.05) is 6.07 Å². The molecule has 1 saturated carbocycles. The van der Waals surface area contributed by atoms with Crippen LogP contribution in [-0.4, -0.2) is 13.2 Å².